The van der Waals surface area contributed by atoms with Crippen LogP contribution in [0.25, 0.3) is 16.8 Å². The van der Waals surface area contributed by atoms with Crippen molar-refractivity contribution in [2.45, 2.75) is 13.0 Å². The number of carbonyl (C=O) groups excluding carboxylic acids is 1. The van der Waals surface area contributed by atoms with Crippen LogP contribution in [-0.2, 0) is 4.79 Å². The minimum absolute atomic E-state index is 0.0841. The van der Waals surface area contributed by atoms with Gasteiger partial charge in [-0.15, -0.1) is 0 Å². The second-order valence-corrected chi connectivity index (χ2v) is 7.04. The van der Waals surface area contributed by atoms with E-state index >= 15 is 0 Å². The molecule has 1 heterocycles. The fraction of sp³-hybridized carbons (Fsp3) is 0.182. The first kappa shape index (κ1) is 20.0. The molecule has 0 spiro atoms. The number of nitrogen functional groups attached to an aromatic ring is 2. The molecule has 1 saturated heterocycles. The highest BCUT2D eigenvalue weighted by Gasteiger charge is 2.30. The van der Waals surface area contributed by atoms with Crippen molar-refractivity contribution >= 4 is 29.2 Å². The van der Waals surface area contributed by atoms with Gasteiger partial charge in [0.25, 0.3) is 0 Å². The highest BCUT2D eigenvalue weighted by molar-refractivity contribution is 6.00. The van der Waals surface area contributed by atoms with Crippen molar-refractivity contribution in [3.05, 3.63) is 65.9 Å². The van der Waals surface area contributed by atoms with Crippen LogP contribution in [-0.4, -0.2) is 36.2 Å². The quantitative estimate of drug-likeness (QED) is 0.292. The van der Waals surface area contributed by atoms with Crippen molar-refractivity contribution in [2.24, 2.45) is 5.73 Å². The molecule has 3 rings (SSSR count). The van der Waals surface area contributed by atoms with Gasteiger partial charge in [-0.05, 0) is 30.2 Å². The lowest BCUT2D eigenvalue weighted by atomic mass is 9.91. The van der Waals surface area contributed by atoms with Crippen LogP contribution in [0.1, 0.15) is 16.7 Å². The summed E-state index contributed by atoms with van der Waals surface area (Å²) in [4.78, 5) is 13.3. The van der Waals surface area contributed by atoms with Crippen molar-refractivity contribution in [3.63, 3.8) is 0 Å². The first-order valence-corrected chi connectivity index (χ1v) is 9.29. The summed E-state index contributed by atoms with van der Waals surface area (Å²) in [5.74, 6) is -0.0841. The SMILES string of the molecule is C=CC(=O)N1CC(N/C(=C/N)c2cccc(-c3c(C)ccc(N)c3C=N)c2N)C1. The number of nitrogens with zero attached hydrogens (tertiary/aromatic N) is 1. The zero-order valence-electron chi connectivity index (χ0n) is 16.4. The summed E-state index contributed by atoms with van der Waals surface area (Å²) in [5.41, 5.74) is 24.3. The number of anilines is 2. The summed E-state index contributed by atoms with van der Waals surface area (Å²) in [6.45, 7) is 6.62. The molecule has 1 aliphatic rings. The largest absolute Gasteiger partial charge is 0.403 e. The van der Waals surface area contributed by atoms with Crippen molar-refractivity contribution in [2.75, 3.05) is 24.6 Å². The Morgan fingerprint density at radius 1 is 1.28 bits per heavy atom. The molecule has 1 aliphatic heterocycles. The average molecular weight is 390 g/mol. The Morgan fingerprint density at radius 2 is 2.00 bits per heavy atom. The van der Waals surface area contributed by atoms with Crippen LogP contribution in [0.5, 0.6) is 0 Å². The van der Waals surface area contributed by atoms with Gasteiger partial charge in [0.15, 0.2) is 0 Å². The van der Waals surface area contributed by atoms with E-state index in [1.807, 2.05) is 31.2 Å². The smallest absolute Gasteiger partial charge is 0.246 e. The number of rotatable bonds is 6. The maximum atomic E-state index is 11.6. The molecule has 0 aliphatic carbocycles. The third-order valence-electron chi connectivity index (χ3n) is 5.19. The van der Waals surface area contributed by atoms with Gasteiger partial charge in [-0.25, -0.2) is 0 Å². The molecule has 0 atom stereocenters. The molecule has 150 valence electrons. The predicted molar refractivity (Wildman–Crippen MR) is 119 cm³/mol. The highest BCUT2D eigenvalue weighted by Crippen LogP contribution is 2.37. The van der Waals surface area contributed by atoms with Gasteiger partial charge in [-0.2, -0.15) is 0 Å². The maximum Gasteiger partial charge on any atom is 0.246 e. The standard InChI is InChI=1S/C22H26N6O/c1-3-20(29)28-11-14(12-28)27-19(10-24)15-5-4-6-16(22(15)26)21-13(2)7-8-18(25)17(21)9-23/h3-10,14,23,27H,1,11-12,24-26H2,2H3/b19-10+,23-9?. The minimum Gasteiger partial charge on any atom is -0.403 e. The average Bonchev–Trinajstić information content (AvgIpc) is 2.69. The molecule has 7 nitrogen and oxygen atoms in total. The molecule has 8 N–H and O–H groups in total. The van der Waals surface area contributed by atoms with Crippen LogP contribution >= 0.6 is 0 Å². The first-order chi connectivity index (χ1) is 13.9. The van der Waals surface area contributed by atoms with E-state index in [1.165, 1.54) is 18.5 Å². The van der Waals surface area contributed by atoms with E-state index in [2.05, 4.69) is 11.9 Å². The van der Waals surface area contributed by atoms with Crippen LogP contribution in [0, 0.1) is 12.3 Å². The van der Waals surface area contributed by atoms with E-state index in [0.29, 0.717) is 35.7 Å². The number of aryl methyl sites for hydroxylation is 1. The summed E-state index contributed by atoms with van der Waals surface area (Å²) in [6.07, 6.45) is 4.05. The Morgan fingerprint density at radius 3 is 2.62 bits per heavy atom. The van der Waals surface area contributed by atoms with Gasteiger partial charge in [0.05, 0.1) is 11.7 Å². The van der Waals surface area contributed by atoms with E-state index in [0.717, 1.165) is 22.3 Å². The molecule has 2 aromatic rings. The Labute approximate surface area is 170 Å². The van der Waals surface area contributed by atoms with Crippen LogP contribution in [0.15, 0.2) is 49.2 Å². The number of amides is 1. The van der Waals surface area contributed by atoms with Crippen LogP contribution < -0.4 is 22.5 Å². The predicted octanol–water partition coefficient (Wildman–Crippen LogP) is 2.07. The number of hydrogen-bond acceptors (Lipinski definition) is 6. The molecule has 0 saturated carbocycles. The van der Waals surface area contributed by atoms with Gasteiger partial charge in [0.1, 0.15) is 0 Å². The third kappa shape index (κ3) is 3.67. The van der Waals surface area contributed by atoms with Crippen molar-refractivity contribution in [1.29, 1.82) is 5.41 Å². The summed E-state index contributed by atoms with van der Waals surface area (Å²) in [7, 11) is 0. The van der Waals surface area contributed by atoms with E-state index < -0.39 is 0 Å². The van der Waals surface area contributed by atoms with Crippen LogP contribution in [0.2, 0.25) is 0 Å². The molecule has 0 bridgehead atoms. The number of nitrogens with two attached hydrogens (primary N) is 3. The van der Waals surface area contributed by atoms with Gasteiger partial charge in [-0.1, -0.05) is 30.8 Å². The number of para-hydroxylation sites is 1. The van der Waals surface area contributed by atoms with E-state index in [9.17, 15) is 4.79 Å². The molecular weight excluding hydrogens is 364 g/mol. The molecule has 0 radical (unpaired) electrons. The maximum absolute atomic E-state index is 11.6. The lowest BCUT2D eigenvalue weighted by Gasteiger charge is -2.40. The third-order valence-corrected chi connectivity index (χ3v) is 5.19. The summed E-state index contributed by atoms with van der Waals surface area (Å²) >= 11 is 0. The number of carbonyl (C=O) groups is 1. The Kier molecular flexibility index (Phi) is 5.59. The van der Waals surface area contributed by atoms with E-state index in [-0.39, 0.29) is 11.9 Å². The van der Waals surface area contributed by atoms with Gasteiger partial charge in [0.2, 0.25) is 5.91 Å². The fourth-order valence-corrected chi connectivity index (χ4v) is 3.59. The molecule has 29 heavy (non-hydrogen) atoms. The second kappa shape index (κ2) is 8.10. The number of hydrogen-bond donors (Lipinski definition) is 5. The molecule has 1 fully saturated rings. The van der Waals surface area contributed by atoms with Crippen molar-refractivity contribution in [3.8, 4) is 11.1 Å². The van der Waals surface area contributed by atoms with E-state index in [1.54, 1.807) is 11.0 Å². The Bertz CT molecular complexity index is 1000. The number of benzene rings is 2. The van der Waals surface area contributed by atoms with Crippen molar-refractivity contribution in [1.82, 2.24) is 10.2 Å². The Balaban J connectivity index is 1.93. The molecular formula is C22H26N6O. The monoisotopic (exact) mass is 390 g/mol. The number of likely N-dealkylation sites (tertiary alicyclic amines) is 1. The zero-order valence-corrected chi connectivity index (χ0v) is 16.4. The lowest BCUT2D eigenvalue weighted by Crippen LogP contribution is -2.59. The molecule has 2 aromatic carbocycles. The molecule has 7 heteroatoms. The molecule has 0 aromatic heterocycles. The Hall–Kier alpha value is -3.74. The normalized spacial score (nSPS) is 14.2. The van der Waals surface area contributed by atoms with Crippen LogP contribution in [0.3, 0.4) is 0 Å². The van der Waals surface area contributed by atoms with Gasteiger partial charge in [-0.3, -0.25) is 4.79 Å². The van der Waals surface area contributed by atoms with Crippen LogP contribution in [0.4, 0.5) is 11.4 Å². The molecule has 1 amide bonds. The minimum atomic E-state index is -0.0841. The number of nitrogens with one attached hydrogen (secondary N) is 2. The van der Waals surface area contributed by atoms with Gasteiger partial charge in [0, 0.05) is 53.6 Å². The van der Waals surface area contributed by atoms with Gasteiger partial charge >= 0.3 is 0 Å². The molecule has 0 unspecified atom stereocenters. The van der Waals surface area contributed by atoms with E-state index in [4.69, 9.17) is 22.6 Å². The zero-order chi connectivity index (χ0) is 21.1. The van der Waals surface area contributed by atoms with Gasteiger partial charge < -0.3 is 32.8 Å². The van der Waals surface area contributed by atoms with Crippen molar-refractivity contribution < 1.29 is 4.79 Å². The fourth-order valence-electron chi connectivity index (χ4n) is 3.59. The first-order valence-electron chi connectivity index (χ1n) is 9.29. The summed E-state index contributed by atoms with van der Waals surface area (Å²) < 4.78 is 0. The summed E-state index contributed by atoms with van der Waals surface area (Å²) in [5, 5.41) is 11.1. The second-order valence-electron chi connectivity index (χ2n) is 7.04. The summed E-state index contributed by atoms with van der Waals surface area (Å²) in [6, 6.07) is 9.50. The topological polar surface area (TPSA) is 134 Å². The highest BCUT2D eigenvalue weighted by atomic mass is 16.2. The lowest BCUT2D eigenvalue weighted by molar-refractivity contribution is -0.130.